The molecule has 1 N–H and O–H groups in total. The molecule has 160 valence electrons. The van der Waals surface area contributed by atoms with Crippen LogP contribution < -0.4 is 10.2 Å². The third-order valence-electron chi connectivity index (χ3n) is 4.92. The third-order valence-corrected chi connectivity index (χ3v) is 4.92. The van der Waals surface area contributed by atoms with Crippen LogP contribution in [0.15, 0.2) is 41.5 Å². The highest BCUT2D eigenvalue weighted by atomic mass is 127. The average molecular weight is 515 g/mol. The van der Waals surface area contributed by atoms with Gasteiger partial charge in [-0.1, -0.05) is 6.07 Å². The van der Waals surface area contributed by atoms with Gasteiger partial charge in [-0.15, -0.1) is 24.0 Å². The molecular formula is C21H31FIN5O. The number of aryl methyl sites for hydroxylation is 1. The number of hydrogen-bond acceptors (Lipinski definition) is 3. The molecule has 0 atom stereocenters. The van der Waals surface area contributed by atoms with Gasteiger partial charge in [-0.3, -0.25) is 0 Å². The van der Waals surface area contributed by atoms with Crippen molar-refractivity contribution in [1.82, 2.24) is 14.8 Å². The van der Waals surface area contributed by atoms with Gasteiger partial charge in [0, 0.05) is 45.6 Å². The standard InChI is InChI=1S/C21H30FN5O.HI/c1-4-23-21(26(3)16-18-6-5-9-25(18)2)24-15-17-7-8-20(19(22)14-17)27-10-12-28-13-11-27;/h5-9,14H,4,10-13,15-16H2,1-3H3,(H,23,24);1H. The second-order valence-corrected chi connectivity index (χ2v) is 7.02. The molecule has 8 heteroatoms. The molecular weight excluding hydrogens is 484 g/mol. The van der Waals surface area contributed by atoms with Gasteiger partial charge in [0.1, 0.15) is 5.82 Å². The molecule has 1 fully saturated rings. The smallest absolute Gasteiger partial charge is 0.194 e. The predicted octanol–water partition coefficient (Wildman–Crippen LogP) is 3.22. The van der Waals surface area contributed by atoms with Crippen LogP contribution in [0.1, 0.15) is 18.2 Å². The Morgan fingerprint density at radius 2 is 2.03 bits per heavy atom. The Bertz CT molecular complexity index is 804. The summed E-state index contributed by atoms with van der Waals surface area (Å²) in [7, 11) is 4.04. The first kappa shape index (κ1) is 23.5. The van der Waals surface area contributed by atoms with Crippen molar-refractivity contribution < 1.29 is 9.13 Å². The number of halogens is 2. The summed E-state index contributed by atoms with van der Waals surface area (Å²) in [6.45, 7) is 6.74. The summed E-state index contributed by atoms with van der Waals surface area (Å²) in [4.78, 5) is 8.81. The molecule has 0 aliphatic carbocycles. The van der Waals surface area contributed by atoms with Crippen molar-refractivity contribution in [1.29, 1.82) is 0 Å². The van der Waals surface area contributed by atoms with E-state index in [9.17, 15) is 4.39 Å². The highest BCUT2D eigenvalue weighted by Crippen LogP contribution is 2.22. The van der Waals surface area contributed by atoms with Crippen LogP contribution in [0.3, 0.4) is 0 Å². The normalized spacial score (nSPS) is 14.5. The van der Waals surface area contributed by atoms with E-state index in [1.165, 1.54) is 5.69 Å². The van der Waals surface area contributed by atoms with Gasteiger partial charge in [0.05, 0.1) is 32.0 Å². The molecule has 0 bridgehead atoms. The van der Waals surface area contributed by atoms with Crippen LogP contribution in [0, 0.1) is 5.82 Å². The van der Waals surface area contributed by atoms with Crippen LogP contribution in [0.5, 0.6) is 0 Å². The molecule has 0 spiro atoms. The van der Waals surface area contributed by atoms with E-state index in [2.05, 4.69) is 20.9 Å². The van der Waals surface area contributed by atoms with Crippen molar-refractivity contribution in [2.75, 3.05) is 44.8 Å². The first-order valence-corrected chi connectivity index (χ1v) is 9.79. The Hall–Kier alpha value is -1.81. The minimum Gasteiger partial charge on any atom is -0.378 e. The Labute approximate surface area is 189 Å². The highest BCUT2D eigenvalue weighted by molar-refractivity contribution is 14.0. The number of hydrogen-bond donors (Lipinski definition) is 1. The zero-order valence-electron chi connectivity index (χ0n) is 17.4. The maximum Gasteiger partial charge on any atom is 0.194 e. The minimum atomic E-state index is -0.197. The van der Waals surface area contributed by atoms with E-state index < -0.39 is 0 Å². The summed E-state index contributed by atoms with van der Waals surface area (Å²) in [5.74, 6) is 0.609. The zero-order chi connectivity index (χ0) is 19.9. The summed E-state index contributed by atoms with van der Waals surface area (Å²) in [6, 6.07) is 9.53. The molecule has 0 radical (unpaired) electrons. The van der Waals surface area contributed by atoms with Crippen LogP contribution in [0.4, 0.5) is 10.1 Å². The van der Waals surface area contributed by atoms with Gasteiger partial charge < -0.3 is 24.4 Å². The van der Waals surface area contributed by atoms with Gasteiger partial charge in [-0.25, -0.2) is 9.38 Å². The summed E-state index contributed by atoms with van der Waals surface area (Å²) in [5.41, 5.74) is 2.70. The lowest BCUT2D eigenvalue weighted by atomic mass is 10.1. The second-order valence-electron chi connectivity index (χ2n) is 7.02. The van der Waals surface area contributed by atoms with Gasteiger partial charge in [-0.2, -0.15) is 0 Å². The molecule has 1 saturated heterocycles. The summed E-state index contributed by atoms with van der Waals surface area (Å²) < 4.78 is 22.0. The molecule has 0 saturated carbocycles. The molecule has 0 unspecified atom stereocenters. The van der Waals surface area contributed by atoms with Gasteiger partial charge in [-0.05, 0) is 36.8 Å². The van der Waals surface area contributed by atoms with Crippen LogP contribution in [0.25, 0.3) is 0 Å². The van der Waals surface area contributed by atoms with Crippen molar-refractivity contribution in [3.63, 3.8) is 0 Å². The monoisotopic (exact) mass is 515 g/mol. The Balaban J connectivity index is 0.00000300. The second kappa shape index (κ2) is 11.4. The molecule has 6 nitrogen and oxygen atoms in total. The van der Waals surface area contributed by atoms with E-state index in [1.54, 1.807) is 6.07 Å². The van der Waals surface area contributed by atoms with Crippen LogP contribution >= 0.6 is 24.0 Å². The fourth-order valence-electron chi connectivity index (χ4n) is 3.32. The molecule has 29 heavy (non-hydrogen) atoms. The summed E-state index contributed by atoms with van der Waals surface area (Å²) in [6.07, 6.45) is 2.03. The van der Waals surface area contributed by atoms with Crippen molar-refractivity contribution in [3.8, 4) is 0 Å². The van der Waals surface area contributed by atoms with Gasteiger partial charge in [0.15, 0.2) is 5.96 Å². The number of morpholine rings is 1. The minimum absolute atomic E-state index is 0. The van der Waals surface area contributed by atoms with E-state index in [1.807, 2.05) is 50.3 Å². The van der Waals surface area contributed by atoms with Crippen LogP contribution in [-0.4, -0.2) is 55.3 Å². The highest BCUT2D eigenvalue weighted by Gasteiger charge is 2.15. The average Bonchev–Trinajstić information content (AvgIpc) is 3.10. The van der Waals surface area contributed by atoms with E-state index in [4.69, 9.17) is 9.73 Å². The lowest BCUT2D eigenvalue weighted by molar-refractivity contribution is 0.122. The van der Waals surface area contributed by atoms with Crippen LogP contribution in [0.2, 0.25) is 0 Å². The lowest BCUT2D eigenvalue weighted by Crippen LogP contribution is -2.38. The van der Waals surface area contributed by atoms with E-state index >= 15 is 0 Å². The number of ether oxygens (including phenoxy) is 1. The predicted molar refractivity (Wildman–Crippen MR) is 127 cm³/mol. The first-order chi connectivity index (χ1) is 13.6. The number of nitrogens with one attached hydrogen (secondary N) is 1. The van der Waals surface area contributed by atoms with Crippen molar-refractivity contribution >= 4 is 35.6 Å². The molecule has 1 aliphatic rings. The number of aliphatic imine (C=N–C) groups is 1. The van der Waals surface area contributed by atoms with Gasteiger partial charge >= 0.3 is 0 Å². The fourth-order valence-corrected chi connectivity index (χ4v) is 3.32. The Morgan fingerprint density at radius 3 is 2.66 bits per heavy atom. The topological polar surface area (TPSA) is 45.0 Å². The number of rotatable bonds is 6. The molecule has 2 aromatic rings. The maximum atomic E-state index is 14.6. The van der Waals surface area contributed by atoms with Gasteiger partial charge in [0.25, 0.3) is 0 Å². The molecule has 1 aromatic carbocycles. The van der Waals surface area contributed by atoms with Gasteiger partial charge in [0.2, 0.25) is 0 Å². The number of guanidine groups is 1. The number of anilines is 1. The SMILES string of the molecule is CCNC(=NCc1ccc(N2CCOCC2)c(F)c1)N(C)Cc1cccn1C.I. The first-order valence-electron chi connectivity index (χ1n) is 9.79. The number of aromatic nitrogens is 1. The summed E-state index contributed by atoms with van der Waals surface area (Å²) in [5, 5.41) is 3.31. The lowest BCUT2D eigenvalue weighted by Gasteiger charge is -2.29. The largest absolute Gasteiger partial charge is 0.378 e. The molecule has 0 amide bonds. The maximum absolute atomic E-state index is 14.6. The van der Waals surface area contributed by atoms with E-state index in [0.29, 0.717) is 25.4 Å². The van der Waals surface area contributed by atoms with Crippen molar-refractivity contribution in [3.05, 3.63) is 53.6 Å². The Morgan fingerprint density at radius 1 is 1.28 bits per heavy atom. The molecule has 3 rings (SSSR count). The van der Waals surface area contributed by atoms with Crippen molar-refractivity contribution in [2.45, 2.75) is 20.0 Å². The van der Waals surface area contributed by atoms with Crippen molar-refractivity contribution in [2.24, 2.45) is 12.0 Å². The third kappa shape index (κ3) is 6.33. The summed E-state index contributed by atoms with van der Waals surface area (Å²) >= 11 is 0. The van der Waals surface area contributed by atoms with E-state index in [0.717, 1.165) is 37.7 Å². The molecule has 2 heterocycles. The molecule has 1 aliphatic heterocycles. The van der Waals surface area contributed by atoms with E-state index in [-0.39, 0.29) is 29.8 Å². The van der Waals surface area contributed by atoms with Crippen LogP contribution in [-0.2, 0) is 24.9 Å². The fraction of sp³-hybridized carbons (Fsp3) is 0.476. The molecule has 1 aromatic heterocycles. The number of benzene rings is 1. The quantitative estimate of drug-likeness (QED) is 0.365. The number of nitrogens with zero attached hydrogens (tertiary/aromatic N) is 4. The zero-order valence-corrected chi connectivity index (χ0v) is 19.7. The Kier molecular flexibility index (Phi) is 9.22.